The van der Waals surface area contributed by atoms with Crippen molar-refractivity contribution in [3.63, 3.8) is 0 Å². The summed E-state index contributed by atoms with van der Waals surface area (Å²) in [6.45, 7) is 3.44. The molecule has 5 rings (SSSR count). The summed E-state index contributed by atoms with van der Waals surface area (Å²) >= 11 is 6.03. The van der Waals surface area contributed by atoms with E-state index >= 15 is 0 Å². The van der Waals surface area contributed by atoms with Crippen molar-refractivity contribution in [2.24, 2.45) is 0 Å². The molecule has 2 aromatic carbocycles. The fraction of sp³-hybridized carbons (Fsp3) is 0.200. The molecule has 6 heteroatoms. The van der Waals surface area contributed by atoms with Crippen LogP contribution in [0.5, 0.6) is 0 Å². The number of hydrogen-bond donors (Lipinski definition) is 0. The van der Waals surface area contributed by atoms with Crippen LogP contribution in [-0.2, 0) is 0 Å². The Labute approximate surface area is 155 Å². The molecule has 26 heavy (non-hydrogen) atoms. The number of halogens is 1. The third-order valence-electron chi connectivity index (χ3n) is 4.80. The third-order valence-corrected chi connectivity index (χ3v) is 5.03. The predicted molar refractivity (Wildman–Crippen MR) is 105 cm³/mol. The number of hydrogen-bond acceptors (Lipinski definition) is 5. The maximum Gasteiger partial charge on any atom is 0.298 e. The summed E-state index contributed by atoms with van der Waals surface area (Å²) in [5, 5.41) is 1.84. The summed E-state index contributed by atoms with van der Waals surface area (Å²) in [4.78, 5) is 13.9. The molecule has 0 bridgehead atoms. The van der Waals surface area contributed by atoms with Crippen LogP contribution in [0.25, 0.3) is 22.0 Å². The number of pyridine rings is 1. The topological polar surface area (TPSA) is 45.4 Å². The van der Waals surface area contributed by atoms with Crippen molar-refractivity contribution in [3.8, 4) is 0 Å². The van der Waals surface area contributed by atoms with Crippen LogP contribution in [0.3, 0.4) is 0 Å². The van der Waals surface area contributed by atoms with E-state index in [0.717, 1.165) is 48.6 Å². The zero-order valence-corrected chi connectivity index (χ0v) is 14.9. The molecule has 1 saturated heterocycles. The molecule has 0 atom stereocenters. The number of oxazole rings is 1. The van der Waals surface area contributed by atoms with E-state index in [9.17, 15) is 0 Å². The minimum atomic E-state index is 0.661. The van der Waals surface area contributed by atoms with Gasteiger partial charge in [0.2, 0.25) is 0 Å². The largest absolute Gasteiger partial charge is 0.423 e. The lowest BCUT2D eigenvalue weighted by Crippen LogP contribution is -2.47. The zero-order valence-electron chi connectivity index (χ0n) is 14.1. The predicted octanol–water partition coefficient (Wildman–Crippen LogP) is 4.36. The summed E-state index contributed by atoms with van der Waals surface area (Å²) in [7, 11) is 0. The fourth-order valence-corrected chi connectivity index (χ4v) is 3.55. The second-order valence-corrected chi connectivity index (χ2v) is 6.88. The van der Waals surface area contributed by atoms with Gasteiger partial charge in [-0.3, -0.25) is 0 Å². The first kappa shape index (κ1) is 15.5. The van der Waals surface area contributed by atoms with Crippen molar-refractivity contribution in [2.45, 2.75) is 0 Å². The van der Waals surface area contributed by atoms with E-state index in [-0.39, 0.29) is 0 Å². The van der Waals surface area contributed by atoms with Crippen molar-refractivity contribution in [3.05, 3.63) is 59.6 Å². The highest BCUT2D eigenvalue weighted by Crippen LogP contribution is 2.26. The summed E-state index contributed by atoms with van der Waals surface area (Å²) in [6.07, 6.45) is 0. The first-order chi connectivity index (χ1) is 12.8. The van der Waals surface area contributed by atoms with Crippen LogP contribution in [0.4, 0.5) is 11.8 Å². The SMILES string of the molecule is Clc1ccc2oc(N3CCN(c4ccc5ccccc5n4)CC3)nc2c1. The number of para-hydroxylation sites is 1. The molecule has 0 unspecified atom stereocenters. The maximum absolute atomic E-state index is 6.03. The monoisotopic (exact) mass is 364 g/mol. The van der Waals surface area contributed by atoms with Gasteiger partial charge in [-0.15, -0.1) is 0 Å². The Kier molecular flexibility index (Phi) is 3.68. The van der Waals surface area contributed by atoms with Crippen LogP contribution in [0, 0.1) is 0 Å². The summed E-state index contributed by atoms with van der Waals surface area (Å²) in [6, 6.07) is 18.6. The Morgan fingerprint density at radius 3 is 2.50 bits per heavy atom. The Morgan fingerprint density at radius 2 is 1.62 bits per heavy atom. The molecule has 0 amide bonds. The van der Waals surface area contributed by atoms with Crippen molar-refractivity contribution >= 4 is 45.4 Å². The lowest BCUT2D eigenvalue weighted by Gasteiger charge is -2.34. The standard InChI is InChI=1S/C20H17ClN4O/c21-15-6-7-18-17(13-15)23-20(26-18)25-11-9-24(10-12-25)19-8-5-14-3-1-2-4-16(14)22-19/h1-8,13H,9-12H2. The number of anilines is 2. The van der Waals surface area contributed by atoms with E-state index in [1.807, 2.05) is 30.3 Å². The van der Waals surface area contributed by atoms with Crippen molar-refractivity contribution in [2.75, 3.05) is 36.0 Å². The van der Waals surface area contributed by atoms with Gasteiger partial charge in [-0.25, -0.2) is 4.98 Å². The number of aromatic nitrogens is 2. The highest BCUT2D eigenvalue weighted by atomic mass is 35.5. The van der Waals surface area contributed by atoms with Crippen LogP contribution < -0.4 is 9.80 Å². The second-order valence-electron chi connectivity index (χ2n) is 6.44. The van der Waals surface area contributed by atoms with Crippen LogP contribution in [0.1, 0.15) is 0 Å². The van der Waals surface area contributed by atoms with E-state index in [0.29, 0.717) is 11.0 Å². The van der Waals surface area contributed by atoms with E-state index in [2.05, 4.69) is 39.0 Å². The summed E-state index contributed by atoms with van der Waals surface area (Å²) < 4.78 is 5.88. The van der Waals surface area contributed by atoms with Crippen LogP contribution in [0.15, 0.2) is 59.0 Å². The van der Waals surface area contributed by atoms with Crippen molar-refractivity contribution in [1.29, 1.82) is 0 Å². The van der Waals surface area contributed by atoms with E-state index < -0.39 is 0 Å². The lowest BCUT2D eigenvalue weighted by molar-refractivity contribution is 0.541. The normalized spacial score (nSPS) is 15.1. The number of rotatable bonds is 2. The number of nitrogens with zero attached hydrogens (tertiary/aromatic N) is 4. The molecular formula is C20H17ClN4O. The average molecular weight is 365 g/mol. The van der Waals surface area contributed by atoms with Gasteiger partial charge in [0.1, 0.15) is 11.3 Å². The third kappa shape index (κ3) is 2.74. The quantitative estimate of drug-likeness (QED) is 0.529. The second kappa shape index (κ2) is 6.18. The minimum Gasteiger partial charge on any atom is -0.423 e. The molecule has 3 heterocycles. The van der Waals surface area contributed by atoms with Gasteiger partial charge >= 0.3 is 0 Å². The van der Waals surface area contributed by atoms with Gasteiger partial charge in [-0.05, 0) is 36.4 Å². The highest BCUT2D eigenvalue weighted by Gasteiger charge is 2.22. The fourth-order valence-electron chi connectivity index (χ4n) is 3.38. The maximum atomic E-state index is 6.03. The van der Waals surface area contributed by atoms with Gasteiger partial charge in [-0.2, -0.15) is 4.98 Å². The van der Waals surface area contributed by atoms with Gasteiger partial charge in [0.15, 0.2) is 5.58 Å². The molecule has 0 N–H and O–H groups in total. The number of piperazine rings is 1. The average Bonchev–Trinajstić information content (AvgIpc) is 3.11. The molecule has 0 saturated carbocycles. The molecular weight excluding hydrogens is 348 g/mol. The highest BCUT2D eigenvalue weighted by molar-refractivity contribution is 6.31. The molecule has 0 aliphatic carbocycles. The Morgan fingerprint density at radius 1 is 0.808 bits per heavy atom. The Balaban J connectivity index is 1.34. The Hall–Kier alpha value is -2.79. The van der Waals surface area contributed by atoms with Gasteiger partial charge in [0, 0.05) is 36.6 Å². The summed E-state index contributed by atoms with van der Waals surface area (Å²) in [5.74, 6) is 1.02. The van der Waals surface area contributed by atoms with Gasteiger partial charge < -0.3 is 14.2 Å². The molecule has 1 aliphatic heterocycles. The Bertz CT molecular complexity index is 1090. The molecule has 2 aromatic heterocycles. The van der Waals surface area contributed by atoms with Crippen LogP contribution in [0.2, 0.25) is 5.02 Å². The lowest BCUT2D eigenvalue weighted by atomic mass is 10.2. The van der Waals surface area contributed by atoms with E-state index in [4.69, 9.17) is 21.0 Å². The van der Waals surface area contributed by atoms with Gasteiger partial charge in [-0.1, -0.05) is 29.8 Å². The molecule has 1 fully saturated rings. The first-order valence-electron chi connectivity index (χ1n) is 8.68. The molecule has 0 radical (unpaired) electrons. The van der Waals surface area contributed by atoms with Crippen molar-refractivity contribution < 1.29 is 4.42 Å². The molecule has 130 valence electrons. The van der Waals surface area contributed by atoms with Crippen molar-refractivity contribution in [1.82, 2.24) is 9.97 Å². The molecule has 5 nitrogen and oxygen atoms in total. The molecule has 0 spiro atoms. The van der Waals surface area contributed by atoms with Gasteiger partial charge in [0.05, 0.1) is 5.52 Å². The van der Waals surface area contributed by atoms with Crippen LogP contribution in [-0.4, -0.2) is 36.1 Å². The number of fused-ring (bicyclic) bond motifs is 2. The summed E-state index contributed by atoms with van der Waals surface area (Å²) in [5.41, 5.74) is 2.59. The number of benzene rings is 2. The molecule has 4 aromatic rings. The van der Waals surface area contributed by atoms with E-state index in [1.165, 1.54) is 5.39 Å². The molecule has 1 aliphatic rings. The van der Waals surface area contributed by atoms with Gasteiger partial charge in [0.25, 0.3) is 6.01 Å². The van der Waals surface area contributed by atoms with Crippen LogP contribution >= 0.6 is 11.6 Å². The first-order valence-corrected chi connectivity index (χ1v) is 9.06. The van der Waals surface area contributed by atoms with E-state index in [1.54, 1.807) is 0 Å². The smallest absolute Gasteiger partial charge is 0.298 e. The minimum absolute atomic E-state index is 0.661. The zero-order chi connectivity index (χ0) is 17.5.